The number of benzene rings is 2. The van der Waals surface area contributed by atoms with E-state index in [2.05, 4.69) is 12.1 Å². The minimum Gasteiger partial charge on any atom is -0.313 e. The Kier molecular flexibility index (Phi) is 5.28. The van der Waals surface area contributed by atoms with Crippen molar-refractivity contribution in [3.8, 4) is 12.1 Å². The lowest BCUT2D eigenvalue weighted by Gasteiger charge is -2.38. The fourth-order valence-electron chi connectivity index (χ4n) is 3.19. The average Bonchev–Trinajstić information content (AvgIpc) is 2.59. The molecule has 0 heterocycles. The van der Waals surface area contributed by atoms with E-state index in [0.29, 0.717) is 10.6 Å². The van der Waals surface area contributed by atoms with Crippen molar-refractivity contribution in [3.63, 3.8) is 0 Å². The number of nitrogens with zero attached hydrogens (tertiary/aromatic N) is 2. The van der Waals surface area contributed by atoms with Crippen LogP contribution in [0.3, 0.4) is 0 Å². The minimum absolute atomic E-state index is 0.475. The molecule has 0 N–H and O–H groups in total. The Bertz CT molecular complexity index is 753. The Balaban J connectivity index is 2.82. The van der Waals surface area contributed by atoms with E-state index in [1.807, 2.05) is 81.4 Å². The molecule has 0 amide bonds. The SMILES string of the molecule is CC(C)(C)C(C(C#N)C#N)P(=O)(c1ccccc1)c1ccccc1. The molecule has 1 atom stereocenters. The molecule has 0 radical (unpaired) electrons. The molecular formula is C20H21N2OP. The zero-order valence-electron chi connectivity index (χ0n) is 14.2. The molecule has 0 spiro atoms. The second kappa shape index (κ2) is 7.04. The van der Waals surface area contributed by atoms with Crippen molar-refractivity contribution in [2.75, 3.05) is 0 Å². The second-order valence-corrected chi connectivity index (χ2v) is 9.78. The molecule has 0 aliphatic heterocycles. The first-order chi connectivity index (χ1) is 11.4. The maximum absolute atomic E-state index is 14.4. The third-order valence-corrected chi connectivity index (χ3v) is 8.14. The van der Waals surface area contributed by atoms with Crippen molar-refractivity contribution < 1.29 is 4.57 Å². The van der Waals surface area contributed by atoms with Crippen LogP contribution < -0.4 is 10.6 Å². The van der Waals surface area contributed by atoms with E-state index in [-0.39, 0.29) is 0 Å². The summed E-state index contributed by atoms with van der Waals surface area (Å²) in [5.74, 6) is -0.948. The van der Waals surface area contributed by atoms with E-state index in [9.17, 15) is 15.1 Å². The molecule has 0 fully saturated rings. The van der Waals surface area contributed by atoms with Gasteiger partial charge < -0.3 is 4.57 Å². The van der Waals surface area contributed by atoms with Gasteiger partial charge in [-0.25, -0.2) is 0 Å². The maximum Gasteiger partial charge on any atom is 0.149 e. The first kappa shape index (κ1) is 18.0. The predicted octanol–water partition coefficient (Wildman–Crippen LogP) is 4.08. The zero-order valence-corrected chi connectivity index (χ0v) is 15.1. The summed E-state index contributed by atoms with van der Waals surface area (Å²) >= 11 is 0. The maximum atomic E-state index is 14.4. The fraction of sp³-hybridized carbons (Fsp3) is 0.300. The molecule has 3 nitrogen and oxygen atoms in total. The van der Waals surface area contributed by atoms with Gasteiger partial charge in [0.2, 0.25) is 0 Å². The Morgan fingerprint density at radius 2 is 1.21 bits per heavy atom. The monoisotopic (exact) mass is 336 g/mol. The Hall–Kier alpha value is -2.35. The average molecular weight is 336 g/mol. The molecule has 0 bridgehead atoms. The third kappa shape index (κ3) is 3.28. The van der Waals surface area contributed by atoms with Crippen LogP contribution in [0.5, 0.6) is 0 Å². The molecule has 2 aromatic rings. The summed E-state index contributed by atoms with van der Waals surface area (Å²) in [6.45, 7) is 5.83. The predicted molar refractivity (Wildman–Crippen MR) is 97.7 cm³/mol. The lowest BCUT2D eigenvalue weighted by Crippen LogP contribution is -2.39. The van der Waals surface area contributed by atoms with Crippen molar-refractivity contribution >= 4 is 17.8 Å². The van der Waals surface area contributed by atoms with Gasteiger partial charge in [0.05, 0.1) is 17.8 Å². The topological polar surface area (TPSA) is 64.7 Å². The smallest absolute Gasteiger partial charge is 0.149 e. The van der Waals surface area contributed by atoms with Crippen LogP contribution in [0.25, 0.3) is 0 Å². The van der Waals surface area contributed by atoms with Crippen LogP contribution in [0.15, 0.2) is 60.7 Å². The van der Waals surface area contributed by atoms with E-state index in [0.717, 1.165) is 0 Å². The van der Waals surface area contributed by atoms with Crippen molar-refractivity contribution in [3.05, 3.63) is 60.7 Å². The normalized spacial score (nSPS) is 13.1. The fourth-order valence-corrected chi connectivity index (χ4v) is 7.01. The lowest BCUT2D eigenvalue weighted by atomic mass is 9.85. The van der Waals surface area contributed by atoms with E-state index < -0.39 is 24.1 Å². The highest BCUT2D eigenvalue weighted by Crippen LogP contribution is 2.57. The van der Waals surface area contributed by atoms with Crippen molar-refractivity contribution in [1.29, 1.82) is 10.5 Å². The second-order valence-electron chi connectivity index (χ2n) is 6.88. The molecule has 0 aromatic heterocycles. The van der Waals surface area contributed by atoms with Crippen molar-refractivity contribution in [2.45, 2.75) is 26.4 Å². The molecular weight excluding hydrogens is 315 g/mol. The van der Waals surface area contributed by atoms with E-state index >= 15 is 0 Å². The van der Waals surface area contributed by atoms with Crippen LogP contribution in [-0.4, -0.2) is 5.66 Å². The highest BCUT2D eigenvalue weighted by molar-refractivity contribution is 7.79. The Morgan fingerprint density at radius 3 is 1.50 bits per heavy atom. The number of hydrogen-bond acceptors (Lipinski definition) is 3. The van der Waals surface area contributed by atoms with Gasteiger partial charge in [-0.1, -0.05) is 81.4 Å². The van der Waals surface area contributed by atoms with Gasteiger partial charge in [0.15, 0.2) is 0 Å². The number of rotatable bonds is 4. The first-order valence-corrected chi connectivity index (χ1v) is 9.63. The summed E-state index contributed by atoms with van der Waals surface area (Å²) in [4.78, 5) is 0. The van der Waals surface area contributed by atoms with E-state index in [4.69, 9.17) is 0 Å². The highest BCUT2D eigenvalue weighted by atomic mass is 31.2. The van der Waals surface area contributed by atoms with Gasteiger partial charge in [-0.3, -0.25) is 0 Å². The van der Waals surface area contributed by atoms with Gasteiger partial charge in [-0.05, 0) is 5.41 Å². The van der Waals surface area contributed by atoms with Crippen LogP contribution in [-0.2, 0) is 4.57 Å². The first-order valence-electron chi connectivity index (χ1n) is 7.86. The molecule has 1 unspecified atom stereocenters. The van der Waals surface area contributed by atoms with Crippen LogP contribution in [0.1, 0.15) is 20.8 Å². The summed E-state index contributed by atoms with van der Waals surface area (Å²) in [6.07, 6.45) is 0. The highest BCUT2D eigenvalue weighted by Gasteiger charge is 2.48. The number of hydrogen-bond donors (Lipinski definition) is 0. The molecule has 2 aromatic carbocycles. The molecule has 122 valence electrons. The van der Waals surface area contributed by atoms with Gasteiger partial charge >= 0.3 is 0 Å². The van der Waals surface area contributed by atoms with E-state index in [1.54, 1.807) is 0 Å². The Labute approximate surface area is 143 Å². The van der Waals surface area contributed by atoms with Gasteiger partial charge in [0.25, 0.3) is 0 Å². The lowest BCUT2D eigenvalue weighted by molar-refractivity contribution is 0.357. The molecule has 4 heteroatoms. The summed E-state index contributed by atoms with van der Waals surface area (Å²) in [7, 11) is -3.19. The molecule has 24 heavy (non-hydrogen) atoms. The summed E-state index contributed by atoms with van der Waals surface area (Å²) in [5.41, 5.74) is -1.07. The third-order valence-electron chi connectivity index (χ3n) is 4.15. The summed E-state index contributed by atoms with van der Waals surface area (Å²) in [5, 5.41) is 20.4. The van der Waals surface area contributed by atoms with Crippen LogP contribution in [0.2, 0.25) is 0 Å². The largest absolute Gasteiger partial charge is 0.313 e. The summed E-state index contributed by atoms with van der Waals surface area (Å²) in [6, 6.07) is 22.6. The Morgan fingerprint density at radius 1 is 0.833 bits per heavy atom. The molecule has 0 aliphatic carbocycles. The van der Waals surface area contributed by atoms with E-state index in [1.165, 1.54) is 0 Å². The molecule has 2 rings (SSSR count). The van der Waals surface area contributed by atoms with Crippen LogP contribution in [0.4, 0.5) is 0 Å². The quantitative estimate of drug-likeness (QED) is 0.790. The van der Waals surface area contributed by atoms with Gasteiger partial charge in [-0.2, -0.15) is 10.5 Å². The molecule has 0 saturated carbocycles. The van der Waals surface area contributed by atoms with Crippen molar-refractivity contribution in [1.82, 2.24) is 0 Å². The van der Waals surface area contributed by atoms with Gasteiger partial charge in [-0.15, -0.1) is 0 Å². The molecule has 0 aliphatic rings. The zero-order chi connectivity index (χ0) is 17.8. The number of nitriles is 2. The standard InChI is InChI=1S/C20H21N2OP/c1-20(2,3)19(16(14-21)15-22)24(23,17-10-6-4-7-11-17)18-12-8-5-9-13-18/h4-13,16,19H,1-3H3. The van der Waals surface area contributed by atoms with Crippen molar-refractivity contribution in [2.24, 2.45) is 11.3 Å². The van der Waals surface area contributed by atoms with Gasteiger partial charge in [0, 0.05) is 10.6 Å². The summed E-state index contributed by atoms with van der Waals surface area (Å²) < 4.78 is 14.4. The molecule has 0 saturated heterocycles. The van der Waals surface area contributed by atoms with Crippen LogP contribution in [0, 0.1) is 34.0 Å². The van der Waals surface area contributed by atoms with Crippen LogP contribution >= 0.6 is 7.14 Å². The minimum atomic E-state index is -3.19. The van der Waals surface area contributed by atoms with Gasteiger partial charge in [0.1, 0.15) is 13.1 Å².